The molecule has 4 nitrogen and oxygen atoms in total. The fourth-order valence-electron chi connectivity index (χ4n) is 3.59. The van der Waals surface area contributed by atoms with E-state index in [0.717, 1.165) is 29.7 Å². The molecule has 2 heterocycles. The van der Waals surface area contributed by atoms with Gasteiger partial charge in [0, 0.05) is 6.61 Å². The van der Waals surface area contributed by atoms with E-state index in [-0.39, 0.29) is 24.2 Å². The van der Waals surface area contributed by atoms with E-state index >= 15 is 0 Å². The van der Waals surface area contributed by atoms with Gasteiger partial charge in [0.2, 0.25) is 5.91 Å². The summed E-state index contributed by atoms with van der Waals surface area (Å²) in [7, 11) is 0. The van der Waals surface area contributed by atoms with E-state index < -0.39 is 0 Å². The highest BCUT2D eigenvalue weighted by Crippen LogP contribution is 2.31. The minimum Gasteiger partial charge on any atom is -0.376 e. The third kappa shape index (κ3) is 4.49. The average Bonchev–Trinajstić information content (AvgIpc) is 3.36. The molecule has 0 N–H and O–H groups in total. The molecular weight excluding hydrogens is 387 g/mol. The molecule has 0 bridgehead atoms. The normalized spacial score (nSPS) is 16.6. The van der Waals surface area contributed by atoms with Crippen molar-refractivity contribution in [2.24, 2.45) is 0 Å². The van der Waals surface area contributed by atoms with Crippen molar-refractivity contribution in [3.8, 4) is 0 Å². The lowest BCUT2D eigenvalue weighted by atomic mass is 10.0. The van der Waals surface area contributed by atoms with Crippen LogP contribution >= 0.6 is 11.3 Å². The fraction of sp³-hybridized carbons (Fsp3) is 0.391. The average molecular weight is 413 g/mol. The van der Waals surface area contributed by atoms with E-state index in [2.05, 4.69) is 31.0 Å². The number of carbonyl (C=O) groups excluding carboxylic acids is 1. The van der Waals surface area contributed by atoms with Crippen molar-refractivity contribution in [2.45, 2.75) is 45.1 Å². The highest BCUT2D eigenvalue weighted by Gasteiger charge is 2.26. The lowest BCUT2D eigenvalue weighted by Crippen LogP contribution is -2.38. The zero-order valence-corrected chi connectivity index (χ0v) is 17.5. The van der Waals surface area contributed by atoms with Crippen LogP contribution in [0.1, 0.15) is 43.7 Å². The van der Waals surface area contributed by atoms with Crippen molar-refractivity contribution in [2.75, 3.05) is 18.1 Å². The summed E-state index contributed by atoms with van der Waals surface area (Å²) in [6.45, 7) is 5.47. The number of amides is 1. The lowest BCUT2D eigenvalue weighted by molar-refractivity contribution is -0.118. The minimum atomic E-state index is -0.362. The smallest absolute Gasteiger partial charge is 0.233 e. The Kier molecular flexibility index (Phi) is 5.92. The van der Waals surface area contributed by atoms with Crippen LogP contribution in [0.5, 0.6) is 0 Å². The highest BCUT2D eigenvalue weighted by molar-refractivity contribution is 7.22. The summed E-state index contributed by atoms with van der Waals surface area (Å²) < 4.78 is 20.6. The van der Waals surface area contributed by atoms with Gasteiger partial charge in [0.15, 0.2) is 5.13 Å². The van der Waals surface area contributed by atoms with Gasteiger partial charge >= 0.3 is 0 Å². The van der Waals surface area contributed by atoms with E-state index in [4.69, 9.17) is 4.74 Å². The predicted octanol–water partition coefficient (Wildman–Crippen LogP) is 5.31. The van der Waals surface area contributed by atoms with E-state index in [1.54, 1.807) is 11.0 Å². The molecule has 1 amide bonds. The molecule has 3 aromatic rings. The van der Waals surface area contributed by atoms with Crippen molar-refractivity contribution < 1.29 is 13.9 Å². The number of ether oxygens (including phenoxy) is 1. The van der Waals surface area contributed by atoms with Crippen LogP contribution < -0.4 is 4.90 Å². The van der Waals surface area contributed by atoms with Gasteiger partial charge in [0.25, 0.3) is 0 Å². The first-order valence-electron chi connectivity index (χ1n) is 10.1. The Morgan fingerprint density at radius 1 is 1.28 bits per heavy atom. The number of carbonyl (C=O) groups is 1. The molecule has 0 spiro atoms. The zero-order chi connectivity index (χ0) is 20.4. The highest BCUT2D eigenvalue weighted by atomic mass is 32.1. The van der Waals surface area contributed by atoms with Gasteiger partial charge in [-0.25, -0.2) is 9.37 Å². The summed E-state index contributed by atoms with van der Waals surface area (Å²) in [5.74, 6) is 0.0458. The van der Waals surface area contributed by atoms with Gasteiger partial charge in [0.1, 0.15) is 11.3 Å². The van der Waals surface area contributed by atoms with E-state index in [0.29, 0.717) is 23.1 Å². The van der Waals surface area contributed by atoms with Gasteiger partial charge < -0.3 is 4.74 Å². The summed E-state index contributed by atoms with van der Waals surface area (Å²) in [6, 6.07) is 13.1. The maximum atomic E-state index is 14.1. The van der Waals surface area contributed by atoms with Gasteiger partial charge in [-0.3, -0.25) is 9.69 Å². The number of hydrogen-bond donors (Lipinski definition) is 0. The molecule has 1 aliphatic heterocycles. The molecule has 0 saturated carbocycles. The van der Waals surface area contributed by atoms with Crippen LogP contribution in [0, 0.1) is 5.82 Å². The molecule has 1 saturated heterocycles. The molecule has 1 aliphatic rings. The molecular formula is C23H25FN2O2S. The molecule has 6 heteroatoms. The van der Waals surface area contributed by atoms with Crippen molar-refractivity contribution in [3.05, 3.63) is 59.4 Å². The number of hydrogen-bond acceptors (Lipinski definition) is 4. The van der Waals surface area contributed by atoms with Crippen molar-refractivity contribution in [1.82, 2.24) is 4.98 Å². The van der Waals surface area contributed by atoms with Gasteiger partial charge in [-0.05, 0) is 42.0 Å². The Morgan fingerprint density at radius 3 is 2.72 bits per heavy atom. The number of nitrogens with zero attached hydrogens (tertiary/aromatic N) is 2. The molecule has 1 aromatic heterocycles. The first-order valence-corrected chi connectivity index (χ1v) is 10.9. The Balaban J connectivity index is 1.60. The SMILES string of the molecule is CC(C)c1ccc(CC(=O)N(CC2CCCO2)c2nc3c(F)cccc3s2)cc1. The number of para-hydroxylation sites is 1. The molecule has 2 aromatic carbocycles. The van der Waals surface area contributed by atoms with Gasteiger partial charge in [-0.2, -0.15) is 0 Å². The summed E-state index contributed by atoms with van der Waals surface area (Å²) in [6.07, 6.45) is 2.20. The topological polar surface area (TPSA) is 42.4 Å². The van der Waals surface area contributed by atoms with E-state index in [1.165, 1.54) is 23.0 Å². The summed E-state index contributed by atoms with van der Waals surface area (Å²) in [5.41, 5.74) is 2.53. The molecule has 1 atom stereocenters. The minimum absolute atomic E-state index is 0.000809. The third-order valence-corrected chi connectivity index (χ3v) is 6.35. The van der Waals surface area contributed by atoms with Crippen LogP contribution in [0.3, 0.4) is 0 Å². The number of anilines is 1. The maximum absolute atomic E-state index is 14.1. The maximum Gasteiger partial charge on any atom is 0.233 e. The second kappa shape index (κ2) is 8.59. The van der Waals surface area contributed by atoms with Crippen molar-refractivity contribution in [3.63, 3.8) is 0 Å². The molecule has 4 rings (SSSR count). The Morgan fingerprint density at radius 2 is 2.07 bits per heavy atom. The summed E-state index contributed by atoms with van der Waals surface area (Å²) >= 11 is 1.35. The Labute approximate surface area is 174 Å². The number of aromatic nitrogens is 1. The largest absolute Gasteiger partial charge is 0.376 e. The molecule has 0 radical (unpaired) electrons. The number of thiazole rings is 1. The van der Waals surface area contributed by atoms with Crippen LogP contribution in [0.4, 0.5) is 9.52 Å². The van der Waals surface area contributed by atoms with E-state index in [1.807, 2.05) is 18.2 Å². The van der Waals surface area contributed by atoms with Crippen LogP contribution in [0.2, 0.25) is 0 Å². The standard InChI is InChI=1S/C23H25FN2O2S/c1-15(2)17-10-8-16(9-11-17)13-21(27)26(14-18-5-4-12-28-18)23-25-22-19(24)6-3-7-20(22)29-23/h3,6-11,15,18H,4-5,12-14H2,1-2H3. The zero-order valence-electron chi connectivity index (χ0n) is 16.7. The number of rotatable bonds is 6. The summed E-state index contributed by atoms with van der Waals surface area (Å²) in [5, 5.41) is 0.532. The third-order valence-electron chi connectivity index (χ3n) is 5.30. The molecule has 1 unspecified atom stereocenters. The monoisotopic (exact) mass is 412 g/mol. The summed E-state index contributed by atoms with van der Waals surface area (Å²) in [4.78, 5) is 19.3. The second-order valence-corrected chi connectivity index (χ2v) is 8.80. The number of benzene rings is 2. The predicted molar refractivity (Wildman–Crippen MR) is 115 cm³/mol. The van der Waals surface area contributed by atoms with Crippen LogP contribution in [-0.4, -0.2) is 30.1 Å². The van der Waals surface area contributed by atoms with Gasteiger partial charge in [-0.15, -0.1) is 0 Å². The van der Waals surface area contributed by atoms with Crippen LogP contribution in [0.15, 0.2) is 42.5 Å². The van der Waals surface area contributed by atoms with Gasteiger partial charge in [-0.1, -0.05) is 55.5 Å². The Bertz CT molecular complexity index is 994. The lowest BCUT2D eigenvalue weighted by Gasteiger charge is -2.23. The van der Waals surface area contributed by atoms with Gasteiger partial charge in [0.05, 0.1) is 23.8 Å². The second-order valence-electron chi connectivity index (χ2n) is 7.80. The first-order chi connectivity index (χ1) is 14.0. The molecule has 29 heavy (non-hydrogen) atoms. The quantitative estimate of drug-likeness (QED) is 0.551. The molecule has 0 aliphatic carbocycles. The van der Waals surface area contributed by atoms with Crippen molar-refractivity contribution >= 4 is 32.6 Å². The van der Waals surface area contributed by atoms with Crippen molar-refractivity contribution in [1.29, 1.82) is 0 Å². The molecule has 152 valence electrons. The first kappa shape index (κ1) is 20.0. The Hall–Kier alpha value is -2.31. The molecule has 1 fully saturated rings. The van der Waals surface area contributed by atoms with Crippen LogP contribution in [-0.2, 0) is 16.0 Å². The fourth-order valence-corrected chi connectivity index (χ4v) is 4.59. The van der Waals surface area contributed by atoms with E-state index in [9.17, 15) is 9.18 Å². The van der Waals surface area contributed by atoms with Crippen LogP contribution in [0.25, 0.3) is 10.2 Å². The number of fused-ring (bicyclic) bond motifs is 1. The number of halogens is 1.